The molecule has 1 fully saturated rings. The minimum Gasteiger partial charge on any atom is -0.346 e. The number of hydrogen-bond donors (Lipinski definition) is 1. The zero-order chi connectivity index (χ0) is 25.8. The Bertz CT molecular complexity index is 916. The van der Waals surface area contributed by atoms with E-state index >= 15 is 0 Å². The Morgan fingerprint density at radius 1 is 1.11 bits per heavy atom. The predicted molar refractivity (Wildman–Crippen MR) is 135 cm³/mol. The third kappa shape index (κ3) is 9.44. The van der Waals surface area contributed by atoms with Gasteiger partial charge in [0, 0.05) is 30.4 Å². The van der Waals surface area contributed by atoms with Crippen LogP contribution in [0.1, 0.15) is 80.2 Å². The molecule has 0 unspecified atom stereocenters. The average Bonchev–Trinajstić information content (AvgIpc) is 3.24. The lowest BCUT2D eigenvalue weighted by Crippen LogP contribution is -2.24. The topological polar surface area (TPSA) is 58.1 Å². The number of carbonyl (C=O) groups excluding carboxylic acids is 1. The smallest absolute Gasteiger partial charge is 0.346 e. The van der Waals surface area contributed by atoms with Gasteiger partial charge in [0.05, 0.1) is 29.4 Å². The second kappa shape index (κ2) is 14.4. The number of halogens is 3. The van der Waals surface area contributed by atoms with Gasteiger partial charge in [-0.05, 0) is 49.4 Å². The number of nitrogens with zero attached hydrogens (tertiary/aromatic N) is 3. The molecule has 0 spiro atoms. The lowest BCUT2D eigenvalue weighted by molar-refractivity contribution is -0.181. The van der Waals surface area contributed by atoms with Crippen molar-refractivity contribution in [1.29, 1.82) is 0 Å². The number of rotatable bonds is 5. The van der Waals surface area contributed by atoms with Gasteiger partial charge in [0.2, 0.25) is 0 Å². The van der Waals surface area contributed by atoms with E-state index in [9.17, 15) is 18.0 Å². The highest BCUT2D eigenvalue weighted by Crippen LogP contribution is 2.37. The summed E-state index contributed by atoms with van der Waals surface area (Å²) >= 11 is 1.75. The lowest BCUT2D eigenvalue weighted by atomic mass is 9.89. The maximum Gasteiger partial charge on any atom is 0.391 e. The molecule has 0 aromatic carbocycles. The van der Waals surface area contributed by atoms with Crippen LogP contribution in [0.5, 0.6) is 0 Å². The van der Waals surface area contributed by atoms with Crippen molar-refractivity contribution in [3.63, 3.8) is 0 Å². The highest BCUT2D eigenvalue weighted by molar-refractivity contribution is 7.99. The fourth-order valence-corrected chi connectivity index (χ4v) is 4.64. The first kappa shape index (κ1) is 29.1. The number of aromatic nitrogens is 2. The molecule has 0 radical (unpaired) electrons. The Morgan fingerprint density at radius 3 is 2.40 bits per heavy atom. The third-order valence-corrected chi connectivity index (χ3v) is 6.65. The molecule has 2 aromatic rings. The number of hydrogen-bond acceptors (Lipinski definition) is 5. The summed E-state index contributed by atoms with van der Waals surface area (Å²) in [4.78, 5) is 24.4. The van der Waals surface area contributed by atoms with Crippen LogP contribution in [0.4, 0.5) is 13.2 Å². The maximum atomic E-state index is 12.3. The van der Waals surface area contributed by atoms with Gasteiger partial charge >= 0.3 is 6.18 Å². The van der Waals surface area contributed by atoms with Gasteiger partial charge in [0.15, 0.2) is 0 Å². The summed E-state index contributed by atoms with van der Waals surface area (Å²) in [6.45, 7) is 8.24. The summed E-state index contributed by atoms with van der Waals surface area (Å²) < 4.78 is 35.8. The van der Waals surface area contributed by atoms with E-state index in [0.29, 0.717) is 24.9 Å². The molecule has 1 amide bonds. The molecule has 1 aliphatic heterocycles. The van der Waals surface area contributed by atoms with Crippen LogP contribution in [0, 0.1) is 5.92 Å². The van der Waals surface area contributed by atoms with Crippen LogP contribution in [0.2, 0.25) is 0 Å². The van der Waals surface area contributed by atoms with Gasteiger partial charge in [-0.3, -0.25) is 19.7 Å². The second-order valence-corrected chi connectivity index (χ2v) is 9.82. The number of nitrogens with one attached hydrogen (secondary N) is 1. The predicted octanol–water partition coefficient (Wildman–Crippen LogP) is 6.62. The molecule has 35 heavy (non-hydrogen) atoms. The first-order valence-electron chi connectivity index (χ1n) is 12.3. The Balaban J connectivity index is 0.000000302. The van der Waals surface area contributed by atoms with Crippen LogP contribution in [0.25, 0.3) is 0 Å². The van der Waals surface area contributed by atoms with Gasteiger partial charge in [-0.2, -0.15) is 13.2 Å². The zero-order valence-electron chi connectivity index (χ0n) is 21.1. The highest BCUT2D eigenvalue weighted by atomic mass is 32.2. The van der Waals surface area contributed by atoms with Gasteiger partial charge in [-0.25, -0.2) is 0 Å². The standard InChI is InChI=1S/C17H20N4OS.C7H11F3.C2H6/c1-3-23-15-5-4-14(18-9-15)8-20-17(22)12-6-13-10-21(2)11-16(13)19-7-12;8-7(9,10)6-4-2-1-3-5-6;1-2/h4-7,9H,3,8,10-11H2,1-2H3,(H,20,22);6H,1-5H2;1-2H3. The molecule has 5 nitrogen and oxygen atoms in total. The van der Waals surface area contributed by atoms with Gasteiger partial charge < -0.3 is 5.32 Å². The number of pyridine rings is 2. The van der Waals surface area contributed by atoms with Crippen molar-refractivity contribution in [2.75, 3.05) is 12.8 Å². The van der Waals surface area contributed by atoms with Crippen LogP contribution < -0.4 is 5.32 Å². The average molecular weight is 511 g/mol. The second-order valence-electron chi connectivity index (χ2n) is 8.48. The number of alkyl halides is 3. The van der Waals surface area contributed by atoms with Crippen LogP contribution in [-0.2, 0) is 19.6 Å². The third-order valence-electron chi connectivity index (χ3n) is 5.79. The van der Waals surface area contributed by atoms with Crippen molar-refractivity contribution in [2.24, 2.45) is 5.92 Å². The van der Waals surface area contributed by atoms with E-state index in [1.165, 1.54) is 0 Å². The lowest BCUT2D eigenvalue weighted by Gasteiger charge is -2.23. The Hall–Kier alpha value is -2.13. The van der Waals surface area contributed by atoms with E-state index in [-0.39, 0.29) is 5.91 Å². The number of amides is 1. The van der Waals surface area contributed by atoms with Crippen LogP contribution in [0.15, 0.2) is 35.5 Å². The summed E-state index contributed by atoms with van der Waals surface area (Å²) in [6.07, 6.45) is 2.76. The van der Waals surface area contributed by atoms with E-state index < -0.39 is 12.1 Å². The molecular formula is C26H37F3N4OS. The van der Waals surface area contributed by atoms with Crippen molar-refractivity contribution >= 4 is 17.7 Å². The molecule has 0 atom stereocenters. The highest BCUT2D eigenvalue weighted by Gasteiger charge is 2.39. The molecule has 194 valence electrons. The fourth-order valence-electron chi connectivity index (χ4n) is 4.01. The molecular weight excluding hydrogens is 473 g/mol. The number of fused-ring (bicyclic) bond motifs is 1. The molecule has 2 aromatic heterocycles. The minimum absolute atomic E-state index is 0.108. The van der Waals surface area contributed by atoms with Crippen LogP contribution >= 0.6 is 11.8 Å². The van der Waals surface area contributed by atoms with Crippen LogP contribution in [-0.4, -0.2) is 39.8 Å². The molecule has 0 saturated heterocycles. The van der Waals surface area contributed by atoms with Gasteiger partial charge in [-0.15, -0.1) is 11.8 Å². The molecule has 1 aliphatic carbocycles. The maximum absolute atomic E-state index is 12.3. The van der Waals surface area contributed by atoms with E-state index in [4.69, 9.17) is 0 Å². The van der Waals surface area contributed by atoms with Crippen molar-refractivity contribution < 1.29 is 18.0 Å². The summed E-state index contributed by atoms with van der Waals surface area (Å²) in [5.41, 5.74) is 3.67. The monoisotopic (exact) mass is 510 g/mol. The normalized spacial score (nSPS) is 15.9. The van der Waals surface area contributed by atoms with Gasteiger partial charge in [0.25, 0.3) is 5.91 Å². The molecule has 2 aliphatic rings. The first-order chi connectivity index (χ1) is 16.8. The summed E-state index contributed by atoms with van der Waals surface area (Å²) in [6, 6.07) is 5.93. The largest absolute Gasteiger partial charge is 0.391 e. The van der Waals surface area contributed by atoms with E-state index in [0.717, 1.165) is 60.0 Å². The molecule has 4 rings (SSSR count). The summed E-state index contributed by atoms with van der Waals surface area (Å²) in [7, 11) is 2.05. The van der Waals surface area contributed by atoms with Crippen molar-refractivity contribution in [3.05, 3.63) is 53.1 Å². The molecule has 1 saturated carbocycles. The summed E-state index contributed by atoms with van der Waals surface area (Å²) in [5.74, 6) is -0.0805. The first-order valence-corrected chi connectivity index (χ1v) is 13.3. The summed E-state index contributed by atoms with van der Waals surface area (Å²) in [5, 5.41) is 2.91. The Kier molecular flexibility index (Phi) is 12.0. The van der Waals surface area contributed by atoms with Gasteiger partial charge in [0.1, 0.15) is 0 Å². The van der Waals surface area contributed by atoms with Crippen molar-refractivity contribution in [1.82, 2.24) is 20.2 Å². The SMILES string of the molecule is CC.CCSc1ccc(CNC(=O)c2cnc3c(c2)CN(C)C3)nc1.FC(F)(F)C1CCCCC1. The fraction of sp³-hybridized carbons (Fsp3) is 0.577. The molecule has 3 heterocycles. The van der Waals surface area contributed by atoms with E-state index in [1.807, 2.05) is 45.3 Å². The van der Waals surface area contributed by atoms with Crippen molar-refractivity contribution in [3.8, 4) is 0 Å². The van der Waals surface area contributed by atoms with E-state index in [2.05, 4.69) is 27.1 Å². The van der Waals surface area contributed by atoms with E-state index in [1.54, 1.807) is 18.0 Å². The Labute approximate surface area is 211 Å². The Morgan fingerprint density at radius 2 is 1.83 bits per heavy atom. The molecule has 0 bridgehead atoms. The quantitative estimate of drug-likeness (QED) is 0.458. The minimum atomic E-state index is -3.93. The van der Waals surface area contributed by atoms with Crippen LogP contribution in [0.3, 0.4) is 0 Å². The molecule has 9 heteroatoms. The number of carbonyl (C=O) groups is 1. The van der Waals surface area contributed by atoms with Crippen molar-refractivity contribution in [2.45, 2.75) is 83.6 Å². The zero-order valence-corrected chi connectivity index (χ0v) is 21.9. The molecule has 1 N–H and O–H groups in total. The van der Waals surface area contributed by atoms with Gasteiger partial charge in [-0.1, -0.05) is 40.0 Å². The number of thioether (sulfide) groups is 1.